The van der Waals surface area contributed by atoms with Crippen LogP contribution in [0.5, 0.6) is 0 Å². The molecule has 8 heteroatoms. The molecule has 0 aliphatic carbocycles. The van der Waals surface area contributed by atoms with Gasteiger partial charge in [-0.2, -0.15) is 0 Å². The van der Waals surface area contributed by atoms with Gasteiger partial charge in [0.05, 0.1) is 19.9 Å². The van der Waals surface area contributed by atoms with Crippen LogP contribution in [0.4, 0.5) is 11.6 Å². The number of aromatic nitrogens is 2. The molecule has 1 aromatic carbocycles. The van der Waals surface area contributed by atoms with Crippen molar-refractivity contribution in [2.75, 3.05) is 24.7 Å². The molecule has 1 N–H and O–H groups in total. The maximum Gasteiger partial charge on any atom is 0.259 e. The number of β-amino-alcohol motifs (C(OH)–C–C–N with tert-alkyl or cyclic N) is 1. The van der Waals surface area contributed by atoms with Gasteiger partial charge in [0.15, 0.2) is 0 Å². The van der Waals surface area contributed by atoms with Gasteiger partial charge >= 0.3 is 0 Å². The zero-order valence-electron chi connectivity index (χ0n) is 13.5. The number of nitrogens with zero attached hydrogens (tertiary/aromatic N) is 4. The average molecular weight is 369 g/mol. The normalized spacial score (nSPS) is 14.8. The standard InChI is InChI=1S/C16H18Cl2N4O2/c1-10-11(2)19-16-21(14-6-12(17)5-13(18)7-14)8-20(3-4-23)9-22(16)15(10)24/h5-7,23H,3-4,8-9H2,1-2H3. The van der Waals surface area contributed by atoms with Crippen LogP contribution in [0.25, 0.3) is 0 Å². The first kappa shape index (κ1) is 17.2. The number of aliphatic hydroxyl groups is 1. The number of hydrogen-bond acceptors (Lipinski definition) is 5. The van der Waals surface area contributed by atoms with Crippen molar-refractivity contribution in [2.45, 2.75) is 20.5 Å². The molecule has 0 radical (unpaired) electrons. The second-order valence-electron chi connectivity index (χ2n) is 5.81. The Balaban J connectivity index is 2.17. The number of anilines is 2. The van der Waals surface area contributed by atoms with Crippen LogP contribution >= 0.6 is 23.2 Å². The topological polar surface area (TPSA) is 61.6 Å². The first-order chi connectivity index (χ1) is 11.4. The molecule has 0 amide bonds. The molecule has 0 saturated heterocycles. The summed E-state index contributed by atoms with van der Waals surface area (Å²) in [6.07, 6.45) is 0. The van der Waals surface area contributed by atoms with Crippen LogP contribution in [0.2, 0.25) is 10.0 Å². The lowest BCUT2D eigenvalue weighted by Crippen LogP contribution is -2.48. The number of halogens is 2. The molecule has 0 unspecified atom stereocenters. The van der Waals surface area contributed by atoms with Crippen LogP contribution in [0.3, 0.4) is 0 Å². The highest BCUT2D eigenvalue weighted by atomic mass is 35.5. The third kappa shape index (κ3) is 3.15. The van der Waals surface area contributed by atoms with E-state index in [9.17, 15) is 9.90 Å². The van der Waals surface area contributed by atoms with E-state index < -0.39 is 0 Å². The maximum atomic E-state index is 12.6. The highest BCUT2D eigenvalue weighted by molar-refractivity contribution is 6.35. The van der Waals surface area contributed by atoms with Crippen LogP contribution in [-0.2, 0) is 6.67 Å². The summed E-state index contributed by atoms with van der Waals surface area (Å²) in [4.78, 5) is 21.1. The molecule has 128 valence electrons. The molecule has 0 spiro atoms. The zero-order valence-corrected chi connectivity index (χ0v) is 15.0. The van der Waals surface area contributed by atoms with E-state index in [1.54, 1.807) is 29.7 Å². The maximum absolute atomic E-state index is 12.6. The van der Waals surface area contributed by atoms with Crippen LogP contribution in [-0.4, -0.2) is 39.4 Å². The Hall–Kier alpha value is -1.60. The van der Waals surface area contributed by atoms with Gasteiger partial charge in [0.2, 0.25) is 5.95 Å². The molecule has 0 atom stereocenters. The molecule has 6 nitrogen and oxygen atoms in total. The Labute approximate surface area is 149 Å². The minimum absolute atomic E-state index is 0.00645. The van der Waals surface area contributed by atoms with Crippen molar-refractivity contribution in [1.82, 2.24) is 14.5 Å². The van der Waals surface area contributed by atoms with Crippen molar-refractivity contribution in [3.05, 3.63) is 49.9 Å². The van der Waals surface area contributed by atoms with Crippen molar-refractivity contribution >= 4 is 34.8 Å². The van der Waals surface area contributed by atoms with Crippen molar-refractivity contribution in [1.29, 1.82) is 0 Å². The summed E-state index contributed by atoms with van der Waals surface area (Å²) < 4.78 is 1.61. The van der Waals surface area contributed by atoms with Gasteiger partial charge < -0.3 is 5.11 Å². The first-order valence-electron chi connectivity index (χ1n) is 7.55. The van der Waals surface area contributed by atoms with Crippen LogP contribution in [0, 0.1) is 13.8 Å². The Morgan fingerprint density at radius 2 is 1.83 bits per heavy atom. The monoisotopic (exact) mass is 368 g/mol. The van der Waals surface area contributed by atoms with Gasteiger partial charge in [-0.05, 0) is 32.0 Å². The predicted molar refractivity (Wildman–Crippen MR) is 95.2 cm³/mol. The van der Waals surface area contributed by atoms with E-state index in [-0.39, 0.29) is 12.2 Å². The second-order valence-corrected chi connectivity index (χ2v) is 6.68. The Bertz CT molecular complexity index is 817. The fourth-order valence-electron chi connectivity index (χ4n) is 2.76. The number of aryl methyl sites for hydroxylation is 1. The zero-order chi connectivity index (χ0) is 17.4. The van der Waals surface area contributed by atoms with Crippen molar-refractivity contribution < 1.29 is 5.11 Å². The predicted octanol–water partition coefficient (Wildman–Crippen LogP) is 2.53. The van der Waals surface area contributed by atoms with E-state index >= 15 is 0 Å². The molecule has 1 aromatic heterocycles. The fraction of sp³-hybridized carbons (Fsp3) is 0.375. The van der Waals surface area contributed by atoms with Gasteiger partial charge in [-0.1, -0.05) is 23.2 Å². The van der Waals surface area contributed by atoms with Crippen LogP contribution in [0.1, 0.15) is 11.3 Å². The van der Waals surface area contributed by atoms with Gasteiger partial charge in [0.25, 0.3) is 5.56 Å². The molecule has 0 bridgehead atoms. The average Bonchev–Trinajstić information content (AvgIpc) is 2.52. The third-order valence-electron chi connectivity index (χ3n) is 4.12. The summed E-state index contributed by atoms with van der Waals surface area (Å²) >= 11 is 12.3. The summed E-state index contributed by atoms with van der Waals surface area (Å²) in [5, 5.41) is 10.3. The molecule has 24 heavy (non-hydrogen) atoms. The van der Waals surface area contributed by atoms with Gasteiger partial charge in [0.1, 0.15) is 0 Å². The number of rotatable bonds is 3. The quantitative estimate of drug-likeness (QED) is 0.901. The minimum atomic E-state index is -0.0849. The van der Waals surface area contributed by atoms with E-state index in [0.717, 1.165) is 5.69 Å². The molecule has 0 fully saturated rings. The summed E-state index contributed by atoms with van der Waals surface area (Å²) in [5.41, 5.74) is 1.98. The van der Waals surface area contributed by atoms with Gasteiger partial charge in [-0.25, -0.2) is 4.98 Å². The van der Waals surface area contributed by atoms with Gasteiger partial charge in [-0.15, -0.1) is 0 Å². The second kappa shape index (κ2) is 6.72. The summed E-state index contributed by atoms with van der Waals surface area (Å²) in [6.45, 7) is 4.90. The summed E-state index contributed by atoms with van der Waals surface area (Å²) in [6, 6.07) is 5.21. The molecule has 1 aliphatic heterocycles. The largest absolute Gasteiger partial charge is 0.395 e. The van der Waals surface area contributed by atoms with Crippen LogP contribution < -0.4 is 10.5 Å². The third-order valence-corrected chi connectivity index (χ3v) is 4.55. The lowest BCUT2D eigenvalue weighted by molar-refractivity contribution is 0.152. The van der Waals surface area contributed by atoms with E-state index in [0.29, 0.717) is 47.1 Å². The number of hydrogen-bond donors (Lipinski definition) is 1. The highest BCUT2D eigenvalue weighted by Gasteiger charge is 2.27. The minimum Gasteiger partial charge on any atom is -0.395 e. The van der Waals surface area contributed by atoms with Crippen LogP contribution in [0.15, 0.2) is 23.0 Å². The molecule has 1 aliphatic rings. The number of fused-ring (bicyclic) bond motifs is 1. The van der Waals surface area contributed by atoms with E-state index in [1.807, 2.05) is 16.7 Å². The number of aliphatic hydroxyl groups excluding tert-OH is 1. The fourth-order valence-corrected chi connectivity index (χ4v) is 3.27. The van der Waals surface area contributed by atoms with E-state index in [4.69, 9.17) is 23.2 Å². The number of benzene rings is 1. The van der Waals surface area contributed by atoms with Crippen molar-refractivity contribution in [2.24, 2.45) is 0 Å². The molecule has 3 rings (SSSR count). The Kier molecular flexibility index (Phi) is 4.83. The lowest BCUT2D eigenvalue weighted by Gasteiger charge is -2.38. The van der Waals surface area contributed by atoms with Gasteiger partial charge in [0, 0.05) is 33.5 Å². The van der Waals surface area contributed by atoms with Crippen molar-refractivity contribution in [3.63, 3.8) is 0 Å². The highest BCUT2D eigenvalue weighted by Crippen LogP contribution is 2.31. The SMILES string of the molecule is Cc1nc2n(c(=O)c1C)CN(CCO)CN2c1cc(Cl)cc(Cl)c1. The molecular weight excluding hydrogens is 351 g/mol. The van der Waals surface area contributed by atoms with Gasteiger partial charge in [-0.3, -0.25) is 19.2 Å². The Morgan fingerprint density at radius 1 is 1.17 bits per heavy atom. The van der Waals surface area contributed by atoms with E-state index in [1.165, 1.54) is 0 Å². The first-order valence-corrected chi connectivity index (χ1v) is 8.31. The molecule has 2 aromatic rings. The molecule has 0 saturated carbocycles. The molecule has 2 heterocycles. The lowest BCUT2D eigenvalue weighted by atomic mass is 10.2. The summed E-state index contributed by atoms with van der Waals surface area (Å²) in [7, 11) is 0. The molecular formula is C16H18Cl2N4O2. The Morgan fingerprint density at radius 3 is 2.46 bits per heavy atom. The summed E-state index contributed by atoms with van der Waals surface area (Å²) in [5.74, 6) is 0.552. The van der Waals surface area contributed by atoms with Crippen molar-refractivity contribution in [3.8, 4) is 0 Å². The smallest absolute Gasteiger partial charge is 0.259 e. The van der Waals surface area contributed by atoms with E-state index in [2.05, 4.69) is 4.98 Å².